The van der Waals surface area contributed by atoms with Gasteiger partial charge in [-0.25, -0.2) is 0 Å². The molecule has 2 aromatic carbocycles. The lowest BCUT2D eigenvalue weighted by Crippen LogP contribution is -2.34. The van der Waals surface area contributed by atoms with Crippen molar-refractivity contribution in [2.45, 2.75) is 20.0 Å². The van der Waals surface area contributed by atoms with Gasteiger partial charge in [0.1, 0.15) is 23.0 Å². The first-order valence-corrected chi connectivity index (χ1v) is 10.1. The van der Waals surface area contributed by atoms with Crippen molar-refractivity contribution in [3.05, 3.63) is 72.2 Å². The van der Waals surface area contributed by atoms with E-state index in [1.165, 1.54) is 0 Å². The first-order chi connectivity index (χ1) is 14.6. The molecular weight excluding hydrogens is 400 g/mol. The summed E-state index contributed by atoms with van der Waals surface area (Å²) in [5.74, 6) is 3.07. The van der Waals surface area contributed by atoms with E-state index in [2.05, 4.69) is 5.32 Å². The molecule has 0 fully saturated rings. The van der Waals surface area contributed by atoms with Crippen LogP contribution in [0.4, 0.5) is 5.69 Å². The van der Waals surface area contributed by atoms with Crippen molar-refractivity contribution in [3.63, 3.8) is 0 Å². The minimum atomic E-state index is 0.496. The second kappa shape index (κ2) is 10.5. The third-order valence-electron chi connectivity index (χ3n) is 4.49. The number of thiocarbonyl (C=S) groups is 1. The van der Waals surface area contributed by atoms with E-state index < -0.39 is 0 Å². The largest absolute Gasteiger partial charge is 0.497 e. The Morgan fingerprint density at radius 1 is 1.00 bits per heavy atom. The first kappa shape index (κ1) is 21.5. The van der Waals surface area contributed by atoms with Crippen LogP contribution in [0, 0.1) is 0 Å². The normalized spacial score (nSPS) is 10.4. The van der Waals surface area contributed by atoms with Gasteiger partial charge in [-0.1, -0.05) is 12.1 Å². The molecule has 6 nitrogen and oxygen atoms in total. The molecule has 0 unspecified atom stereocenters. The van der Waals surface area contributed by atoms with E-state index in [0.717, 1.165) is 34.3 Å². The van der Waals surface area contributed by atoms with Gasteiger partial charge in [0.25, 0.3) is 0 Å². The highest BCUT2D eigenvalue weighted by molar-refractivity contribution is 7.80. The smallest absolute Gasteiger partial charge is 0.174 e. The minimum absolute atomic E-state index is 0.496. The lowest BCUT2D eigenvalue weighted by molar-refractivity contribution is 0.340. The van der Waals surface area contributed by atoms with E-state index in [9.17, 15) is 0 Å². The Morgan fingerprint density at radius 3 is 2.53 bits per heavy atom. The van der Waals surface area contributed by atoms with Crippen molar-refractivity contribution in [1.29, 1.82) is 0 Å². The molecular formula is C23H26N2O4S. The highest BCUT2D eigenvalue weighted by atomic mass is 32.1. The fourth-order valence-corrected chi connectivity index (χ4v) is 3.29. The standard InChI is InChI=1S/C23H26N2O4S/c1-4-28-22-10-6-5-9-20(22)24-23(30)25(16-19-8-7-13-29-19)15-17-14-18(26-2)11-12-21(17)27-3/h5-14H,4,15-16H2,1-3H3,(H,24,30). The van der Waals surface area contributed by atoms with Gasteiger partial charge in [-0.2, -0.15) is 0 Å². The second-order valence-corrected chi connectivity index (χ2v) is 6.86. The monoisotopic (exact) mass is 426 g/mol. The number of nitrogens with zero attached hydrogens (tertiary/aromatic N) is 1. The van der Waals surface area contributed by atoms with Crippen LogP contribution < -0.4 is 19.5 Å². The molecule has 0 radical (unpaired) electrons. The number of methoxy groups -OCH3 is 2. The zero-order valence-corrected chi connectivity index (χ0v) is 18.2. The van der Waals surface area contributed by atoms with Crippen LogP contribution in [0.2, 0.25) is 0 Å². The predicted octanol–water partition coefficient (Wildman–Crippen LogP) is 5.09. The molecule has 3 rings (SSSR count). The van der Waals surface area contributed by atoms with Crippen molar-refractivity contribution in [1.82, 2.24) is 4.90 Å². The van der Waals surface area contributed by atoms with Crippen molar-refractivity contribution >= 4 is 23.0 Å². The van der Waals surface area contributed by atoms with Gasteiger partial charge in [0.05, 0.1) is 39.3 Å². The Hall–Kier alpha value is -3.19. The molecule has 0 aliphatic rings. The Morgan fingerprint density at radius 2 is 1.83 bits per heavy atom. The van der Waals surface area contributed by atoms with Crippen LogP contribution in [0.15, 0.2) is 65.3 Å². The van der Waals surface area contributed by atoms with Crippen LogP contribution in [-0.4, -0.2) is 30.8 Å². The summed E-state index contributed by atoms with van der Waals surface area (Å²) >= 11 is 5.76. The quantitative estimate of drug-likeness (QED) is 0.478. The fraction of sp³-hybridized carbons (Fsp3) is 0.261. The van der Waals surface area contributed by atoms with E-state index in [4.69, 9.17) is 30.8 Å². The molecule has 158 valence electrons. The summed E-state index contributed by atoms with van der Waals surface area (Å²) < 4.78 is 22.2. The minimum Gasteiger partial charge on any atom is -0.497 e. The summed E-state index contributed by atoms with van der Waals surface area (Å²) in [6, 6.07) is 17.2. The molecule has 0 aliphatic carbocycles. The van der Waals surface area contributed by atoms with E-state index in [1.807, 2.05) is 66.4 Å². The van der Waals surface area contributed by atoms with Crippen molar-refractivity contribution in [2.24, 2.45) is 0 Å². The molecule has 0 saturated carbocycles. The lowest BCUT2D eigenvalue weighted by Gasteiger charge is -2.26. The lowest BCUT2D eigenvalue weighted by atomic mass is 10.1. The summed E-state index contributed by atoms with van der Waals surface area (Å²) in [5, 5.41) is 3.86. The van der Waals surface area contributed by atoms with E-state index in [0.29, 0.717) is 24.8 Å². The molecule has 1 heterocycles. The number of benzene rings is 2. The highest BCUT2D eigenvalue weighted by Gasteiger charge is 2.17. The van der Waals surface area contributed by atoms with Crippen LogP contribution in [0.5, 0.6) is 17.2 Å². The Bertz CT molecular complexity index is 960. The van der Waals surface area contributed by atoms with Crippen LogP contribution in [0.3, 0.4) is 0 Å². The van der Waals surface area contributed by atoms with Crippen molar-refractivity contribution < 1.29 is 18.6 Å². The Kier molecular flexibility index (Phi) is 7.57. The zero-order valence-electron chi connectivity index (χ0n) is 17.4. The third kappa shape index (κ3) is 5.45. The number of anilines is 1. The molecule has 0 bridgehead atoms. The molecule has 0 atom stereocenters. The topological polar surface area (TPSA) is 56.1 Å². The average Bonchev–Trinajstić information content (AvgIpc) is 3.28. The van der Waals surface area contributed by atoms with Gasteiger partial charge in [0.2, 0.25) is 0 Å². The van der Waals surface area contributed by atoms with Crippen LogP contribution in [0.1, 0.15) is 18.2 Å². The summed E-state index contributed by atoms with van der Waals surface area (Å²) in [5.41, 5.74) is 1.76. The zero-order chi connectivity index (χ0) is 21.3. The van der Waals surface area contributed by atoms with Gasteiger partial charge in [0.15, 0.2) is 5.11 Å². The van der Waals surface area contributed by atoms with Gasteiger partial charge >= 0.3 is 0 Å². The van der Waals surface area contributed by atoms with E-state index in [-0.39, 0.29) is 0 Å². The van der Waals surface area contributed by atoms with Gasteiger partial charge < -0.3 is 28.8 Å². The summed E-state index contributed by atoms with van der Waals surface area (Å²) in [6.45, 7) is 3.52. The molecule has 1 N–H and O–H groups in total. The number of hydrogen-bond donors (Lipinski definition) is 1. The maximum Gasteiger partial charge on any atom is 0.174 e. The van der Waals surface area contributed by atoms with E-state index >= 15 is 0 Å². The number of ether oxygens (including phenoxy) is 3. The van der Waals surface area contributed by atoms with Gasteiger partial charge in [-0.15, -0.1) is 0 Å². The van der Waals surface area contributed by atoms with Gasteiger partial charge in [-0.3, -0.25) is 0 Å². The van der Waals surface area contributed by atoms with Crippen molar-refractivity contribution in [3.8, 4) is 17.2 Å². The molecule has 7 heteroatoms. The van der Waals surface area contributed by atoms with Crippen LogP contribution >= 0.6 is 12.2 Å². The molecule has 0 spiro atoms. The number of rotatable bonds is 9. The van der Waals surface area contributed by atoms with Crippen LogP contribution in [-0.2, 0) is 13.1 Å². The average molecular weight is 427 g/mol. The maximum absolute atomic E-state index is 5.76. The number of nitrogens with one attached hydrogen (secondary N) is 1. The summed E-state index contributed by atoms with van der Waals surface area (Å²) in [7, 11) is 3.29. The summed E-state index contributed by atoms with van der Waals surface area (Å²) in [6.07, 6.45) is 1.65. The van der Waals surface area contributed by atoms with E-state index in [1.54, 1.807) is 20.5 Å². The number of hydrogen-bond acceptors (Lipinski definition) is 5. The van der Waals surface area contributed by atoms with Crippen LogP contribution in [0.25, 0.3) is 0 Å². The van der Waals surface area contributed by atoms with Crippen molar-refractivity contribution in [2.75, 3.05) is 26.1 Å². The number of furan rings is 1. The predicted molar refractivity (Wildman–Crippen MR) is 121 cm³/mol. The molecule has 30 heavy (non-hydrogen) atoms. The summed E-state index contributed by atoms with van der Waals surface area (Å²) in [4.78, 5) is 2.01. The molecule has 0 aliphatic heterocycles. The van der Waals surface area contributed by atoms with Gasteiger partial charge in [-0.05, 0) is 61.6 Å². The molecule has 0 saturated heterocycles. The van der Waals surface area contributed by atoms with Gasteiger partial charge in [0, 0.05) is 12.1 Å². The SMILES string of the molecule is CCOc1ccccc1NC(=S)N(Cc1ccco1)Cc1cc(OC)ccc1OC. The first-order valence-electron chi connectivity index (χ1n) is 9.65. The molecule has 1 aromatic heterocycles. The number of para-hydroxylation sites is 2. The Labute approximate surface area is 182 Å². The maximum atomic E-state index is 5.76. The highest BCUT2D eigenvalue weighted by Crippen LogP contribution is 2.28. The second-order valence-electron chi connectivity index (χ2n) is 6.47. The molecule has 0 amide bonds. The third-order valence-corrected chi connectivity index (χ3v) is 4.85. The Balaban J connectivity index is 1.87. The fourth-order valence-electron chi connectivity index (χ4n) is 3.05. The molecule has 3 aromatic rings.